The van der Waals surface area contributed by atoms with Crippen molar-refractivity contribution in [2.45, 2.75) is 13.5 Å². The maximum absolute atomic E-state index is 13.3. The number of nitrogens with zero attached hydrogens (tertiary/aromatic N) is 1. The largest absolute Gasteiger partial charge is 0.493 e. The molecule has 1 aliphatic rings. The molecule has 0 aromatic heterocycles. The molecule has 7 nitrogen and oxygen atoms in total. The summed E-state index contributed by atoms with van der Waals surface area (Å²) in [6.07, 6.45) is 1.54. The number of hydrogen-bond donors (Lipinski definition) is 0. The number of amides is 2. The molecule has 0 bridgehead atoms. The third-order valence-electron chi connectivity index (χ3n) is 4.35. The Labute approximate surface area is 193 Å². The zero-order valence-corrected chi connectivity index (χ0v) is 18.8. The fraction of sp³-hybridized carbons (Fsp3) is 0.227. The van der Waals surface area contributed by atoms with Crippen molar-refractivity contribution in [2.24, 2.45) is 0 Å². The highest BCUT2D eigenvalue weighted by molar-refractivity contribution is 8.18. The number of methoxy groups -OCH3 is 1. The molecule has 3 rings (SSSR count). The van der Waals surface area contributed by atoms with Crippen molar-refractivity contribution in [3.05, 3.63) is 63.3 Å². The molecule has 0 N–H and O–H groups in total. The van der Waals surface area contributed by atoms with Crippen LogP contribution in [0.3, 0.4) is 0 Å². The van der Waals surface area contributed by atoms with Gasteiger partial charge in [-0.1, -0.05) is 23.7 Å². The van der Waals surface area contributed by atoms with E-state index in [4.69, 9.17) is 25.8 Å². The zero-order chi connectivity index (χ0) is 23.3. The lowest BCUT2D eigenvalue weighted by Gasteiger charge is -2.13. The van der Waals surface area contributed by atoms with Crippen molar-refractivity contribution < 1.29 is 33.0 Å². The van der Waals surface area contributed by atoms with Crippen molar-refractivity contribution >= 4 is 46.6 Å². The van der Waals surface area contributed by atoms with Gasteiger partial charge >= 0.3 is 5.97 Å². The summed E-state index contributed by atoms with van der Waals surface area (Å²) in [6.45, 7) is 1.55. The van der Waals surface area contributed by atoms with E-state index in [-0.39, 0.29) is 35.4 Å². The van der Waals surface area contributed by atoms with Crippen molar-refractivity contribution in [2.75, 3.05) is 20.3 Å². The van der Waals surface area contributed by atoms with Gasteiger partial charge in [-0.2, -0.15) is 0 Å². The van der Waals surface area contributed by atoms with Gasteiger partial charge in [0, 0.05) is 5.02 Å². The molecule has 2 amide bonds. The van der Waals surface area contributed by atoms with Crippen LogP contribution in [-0.4, -0.2) is 42.3 Å². The maximum atomic E-state index is 13.3. The number of carbonyl (C=O) groups excluding carboxylic acids is 3. The average molecular weight is 480 g/mol. The Morgan fingerprint density at radius 3 is 2.66 bits per heavy atom. The third kappa shape index (κ3) is 5.60. The molecule has 0 unspecified atom stereocenters. The molecule has 1 fully saturated rings. The summed E-state index contributed by atoms with van der Waals surface area (Å²) in [4.78, 5) is 38.0. The average Bonchev–Trinajstić information content (AvgIpc) is 3.01. The van der Waals surface area contributed by atoms with Crippen LogP contribution in [-0.2, 0) is 20.9 Å². The molecule has 168 valence electrons. The number of benzene rings is 2. The first kappa shape index (κ1) is 23.6. The van der Waals surface area contributed by atoms with Crippen LogP contribution >= 0.6 is 23.4 Å². The van der Waals surface area contributed by atoms with Gasteiger partial charge in [-0.3, -0.25) is 14.5 Å². The van der Waals surface area contributed by atoms with E-state index in [1.54, 1.807) is 25.1 Å². The molecule has 0 spiro atoms. The minimum Gasteiger partial charge on any atom is -0.493 e. The summed E-state index contributed by atoms with van der Waals surface area (Å²) in [5.41, 5.74) is 1.02. The molecule has 1 heterocycles. The van der Waals surface area contributed by atoms with E-state index >= 15 is 0 Å². The van der Waals surface area contributed by atoms with Crippen LogP contribution in [0.5, 0.6) is 11.5 Å². The number of hydrogen-bond acceptors (Lipinski definition) is 7. The molecule has 1 aliphatic heterocycles. The molecule has 1 saturated heterocycles. The van der Waals surface area contributed by atoms with Gasteiger partial charge in [0.25, 0.3) is 11.1 Å². The van der Waals surface area contributed by atoms with Crippen LogP contribution in [0.2, 0.25) is 5.02 Å². The van der Waals surface area contributed by atoms with Crippen LogP contribution in [0.15, 0.2) is 41.3 Å². The molecule has 32 heavy (non-hydrogen) atoms. The highest BCUT2D eigenvalue weighted by atomic mass is 35.5. The highest BCUT2D eigenvalue weighted by Gasteiger charge is 2.35. The standard InChI is InChI=1S/C22H19ClFNO6S/c1-3-30-20(26)12-31-18-8-13(4-7-17(18)29-2)9-19-21(27)25(22(28)32-19)11-14-5-6-15(24)10-16(14)23/h4-10H,3,11-12H2,1-2H3/b19-9-. The summed E-state index contributed by atoms with van der Waals surface area (Å²) in [7, 11) is 1.46. The lowest BCUT2D eigenvalue weighted by Crippen LogP contribution is -2.27. The van der Waals surface area contributed by atoms with Crippen LogP contribution in [0.25, 0.3) is 6.08 Å². The number of halogens is 2. The van der Waals surface area contributed by atoms with Crippen molar-refractivity contribution in [3.63, 3.8) is 0 Å². The Morgan fingerprint density at radius 1 is 1.19 bits per heavy atom. The van der Waals surface area contributed by atoms with Crippen LogP contribution in [0, 0.1) is 5.82 Å². The lowest BCUT2D eigenvalue weighted by atomic mass is 10.1. The first-order valence-electron chi connectivity index (χ1n) is 9.48. The third-order valence-corrected chi connectivity index (χ3v) is 5.61. The van der Waals surface area contributed by atoms with E-state index in [2.05, 4.69) is 0 Å². The number of thioether (sulfide) groups is 1. The number of esters is 1. The fourth-order valence-corrected chi connectivity index (χ4v) is 3.91. The van der Waals surface area contributed by atoms with Gasteiger partial charge in [0.2, 0.25) is 0 Å². The molecule has 10 heteroatoms. The van der Waals surface area contributed by atoms with Crippen LogP contribution in [0.1, 0.15) is 18.1 Å². The van der Waals surface area contributed by atoms with E-state index in [0.717, 1.165) is 22.7 Å². The Balaban J connectivity index is 1.78. The van der Waals surface area contributed by atoms with Gasteiger partial charge in [0.1, 0.15) is 5.82 Å². The minimum atomic E-state index is -0.527. The van der Waals surface area contributed by atoms with E-state index in [1.165, 1.54) is 25.3 Å². The Morgan fingerprint density at radius 2 is 1.97 bits per heavy atom. The van der Waals surface area contributed by atoms with Crippen molar-refractivity contribution in [1.29, 1.82) is 0 Å². The van der Waals surface area contributed by atoms with Crippen molar-refractivity contribution in [3.8, 4) is 11.5 Å². The quantitative estimate of drug-likeness (QED) is 0.402. The SMILES string of the molecule is CCOC(=O)COc1cc(/C=C2\SC(=O)N(Cc3ccc(F)cc3Cl)C2=O)ccc1OC. The molecular formula is C22H19ClFNO6S. The molecule has 0 radical (unpaired) electrons. The molecule has 2 aromatic carbocycles. The van der Waals surface area contributed by atoms with Gasteiger partial charge in [0.05, 0.1) is 25.2 Å². The van der Waals surface area contributed by atoms with E-state index in [1.807, 2.05) is 0 Å². The summed E-state index contributed by atoms with van der Waals surface area (Å²) in [5, 5.41) is -0.333. The summed E-state index contributed by atoms with van der Waals surface area (Å²) < 4.78 is 28.8. The Kier molecular flexibility index (Phi) is 7.76. The van der Waals surface area contributed by atoms with Gasteiger partial charge < -0.3 is 14.2 Å². The Hall–Kier alpha value is -3.04. The summed E-state index contributed by atoms with van der Waals surface area (Å²) >= 11 is 6.80. The molecule has 0 saturated carbocycles. The molecule has 0 atom stereocenters. The second kappa shape index (κ2) is 10.5. The van der Waals surface area contributed by atoms with E-state index in [0.29, 0.717) is 16.9 Å². The number of carbonyl (C=O) groups is 3. The molecule has 2 aromatic rings. The van der Waals surface area contributed by atoms with Gasteiger partial charge in [-0.05, 0) is 60.2 Å². The molecule has 0 aliphatic carbocycles. The second-order valence-corrected chi connectivity index (χ2v) is 7.91. The topological polar surface area (TPSA) is 82.1 Å². The molecular weight excluding hydrogens is 461 g/mol. The van der Waals surface area contributed by atoms with E-state index in [9.17, 15) is 18.8 Å². The second-order valence-electron chi connectivity index (χ2n) is 6.51. The van der Waals surface area contributed by atoms with E-state index < -0.39 is 22.9 Å². The highest BCUT2D eigenvalue weighted by Crippen LogP contribution is 2.36. The van der Waals surface area contributed by atoms with Crippen molar-refractivity contribution in [1.82, 2.24) is 4.90 Å². The minimum absolute atomic E-state index is 0.0718. The fourth-order valence-electron chi connectivity index (χ4n) is 2.84. The predicted octanol–water partition coefficient (Wildman–Crippen LogP) is 4.67. The van der Waals surface area contributed by atoms with Gasteiger partial charge in [-0.15, -0.1) is 0 Å². The first-order chi connectivity index (χ1) is 15.3. The lowest BCUT2D eigenvalue weighted by molar-refractivity contribution is -0.145. The van der Waals surface area contributed by atoms with Gasteiger partial charge in [-0.25, -0.2) is 9.18 Å². The smallest absolute Gasteiger partial charge is 0.344 e. The van der Waals surface area contributed by atoms with Crippen LogP contribution < -0.4 is 9.47 Å². The Bertz CT molecular complexity index is 1090. The predicted molar refractivity (Wildman–Crippen MR) is 118 cm³/mol. The first-order valence-corrected chi connectivity index (χ1v) is 10.7. The maximum Gasteiger partial charge on any atom is 0.344 e. The number of imide groups is 1. The summed E-state index contributed by atoms with van der Waals surface area (Å²) in [6, 6.07) is 8.66. The number of rotatable bonds is 8. The zero-order valence-electron chi connectivity index (χ0n) is 17.2. The van der Waals surface area contributed by atoms with Gasteiger partial charge in [0.15, 0.2) is 18.1 Å². The monoisotopic (exact) mass is 479 g/mol. The van der Waals surface area contributed by atoms with Crippen LogP contribution in [0.4, 0.5) is 9.18 Å². The summed E-state index contributed by atoms with van der Waals surface area (Å²) in [5.74, 6) is -0.851. The number of ether oxygens (including phenoxy) is 3. The normalized spacial score (nSPS) is 14.8.